The number of nitriles is 1. The van der Waals surface area contributed by atoms with Gasteiger partial charge >= 0.3 is 5.97 Å². The number of benzene rings is 1. The molecule has 3 heteroatoms. The lowest BCUT2D eigenvalue weighted by atomic mass is 9.96. The summed E-state index contributed by atoms with van der Waals surface area (Å²) in [6, 6.07) is 11.5. The lowest BCUT2D eigenvalue weighted by Gasteiger charge is -2.17. The summed E-state index contributed by atoms with van der Waals surface area (Å²) in [6.07, 6.45) is -0.718. The van der Waals surface area contributed by atoms with Crippen molar-refractivity contribution in [3.05, 3.63) is 35.9 Å². The molecule has 0 saturated heterocycles. The summed E-state index contributed by atoms with van der Waals surface area (Å²) in [5.41, 5.74) is 0.991. The van der Waals surface area contributed by atoms with Gasteiger partial charge in [-0.25, -0.2) is 0 Å². The van der Waals surface area contributed by atoms with Crippen LogP contribution in [0.4, 0.5) is 0 Å². The first kappa shape index (κ1) is 11.3. The Bertz CT molecular complexity index is 367. The van der Waals surface area contributed by atoms with Crippen LogP contribution in [0, 0.1) is 11.3 Å². The number of ether oxygens (including phenoxy) is 1. The van der Waals surface area contributed by atoms with E-state index in [1.54, 1.807) is 0 Å². The van der Waals surface area contributed by atoms with E-state index in [9.17, 15) is 4.79 Å². The Kier molecular flexibility index (Phi) is 3.87. The van der Waals surface area contributed by atoms with E-state index < -0.39 is 12.1 Å². The molecule has 0 N–H and O–H groups in total. The first-order valence-electron chi connectivity index (χ1n) is 4.77. The van der Waals surface area contributed by atoms with Crippen molar-refractivity contribution >= 4 is 5.97 Å². The van der Waals surface area contributed by atoms with Crippen molar-refractivity contribution in [2.45, 2.75) is 25.9 Å². The number of carbonyl (C=O) groups is 1. The smallest absolute Gasteiger partial charge is 0.303 e. The third kappa shape index (κ3) is 3.10. The van der Waals surface area contributed by atoms with Crippen molar-refractivity contribution in [2.24, 2.45) is 0 Å². The Morgan fingerprint density at radius 3 is 2.47 bits per heavy atom. The second kappa shape index (κ2) is 5.16. The Balaban J connectivity index is 2.79. The van der Waals surface area contributed by atoms with E-state index in [0.717, 1.165) is 5.56 Å². The number of hydrogen-bond donors (Lipinski definition) is 0. The van der Waals surface area contributed by atoms with Crippen LogP contribution in [-0.4, -0.2) is 12.1 Å². The molecule has 1 rings (SSSR count). The molecule has 0 heterocycles. The van der Waals surface area contributed by atoms with Gasteiger partial charge in [0.25, 0.3) is 0 Å². The summed E-state index contributed by atoms with van der Waals surface area (Å²) >= 11 is 0. The fourth-order valence-electron chi connectivity index (χ4n) is 1.35. The zero-order valence-corrected chi connectivity index (χ0v) is 8.81. The molecule has 0 aliphatic rings. The third-order valence-corrected chi connectivity index (χ3v) is 2.20. The van der Waals surface area contributed by atoms with Gasteiger partial charge in [-0.15, -0.1) is 0 Å². The Hall–Kier alpha value is -1.82. The average molecular weight is 203 g/mol. The van der Waals surface area contributed by atoms with Crippen molar-refractivity contribution in [3.63, 3.8) is 0 Å². The predicted molar refractivity (Wildman–Crippen MR) is 56.0 cm³/mol. The molecule has 2 atom stereocenters. The predicted octanol–water partition coefficient (Wildman–Crippen LogP) is 2.25. The molecule has 1 aromatic rings. The molecule has 0 aromatic heterocycles. The van der Waals surface area contributed by atoms with E-state index in [0.29, 0.717) is 0 Å². The molecule has 0 bridgehead atoms. The number of nitrogens with zero attached hydrogens (tertiary/aromatic N) is 1. The highest BCUT2D eigenvalue weighted by molar-refractivity contribution is 5.66. The first-order chi connectivity index (χ1) is 7.15. The fraction of sp³-hybridized carbons (Fsp3) is 0.333. The van der Waals surface area contributed by atoms with E-state index in [1.807, 2.05) is 43.3 Å². The minimum absolute atomic E-state index is 0.111. The zero-order valence-electron chi connectivity index (χ0n) is 8.81. The summed E-state index contributed by atoms with van der Waals surface area (Å²) in [4.78, 5) is 10.8. The summed E-state index contributed by atoms with van der Waals surface area (Å²) in [6.45, 7) is 3.17. The Labute approximate surface area is 89.3 Å². The maximum Gasteiger partial charge on any atom is 0.303 e. The van der Waals surface area contributed by atoms with E-state index >= 15 is 0 Å². The molecule has 0 radical (unpaired) electrons. The number of carbonyl (C=O) groups excluding carboxylic acids is 1. The monoisotopic (exact) mass is 203 g/mol. The van der Waals surface area contributed by atoms with Gasteiger partial charge in [-0.3, -0.25) is 4.79 Å². The molecule has 0 saturated carbocycles. The molecule has 3 nitrogen and oxygen atoms in total. The van der Waals surface area contributed by atoms with Crippen molar-refractivity contribution in [1.29, 1.82) is 5.26 Å². The number of esters is 1. The van der Waals surface area contributed by atoms with Crippen LogP contribution in [-0.2, 0) is 9.53 Å². The molecule has 0 fully saturated rings. The number of rotatable bonds is 3. The minimum atomic E-state index is -0.718. The van der Waals surface area contributed by atoms with Crippen molar-refractivity contribution in [1.82, 2.24) is 0 Å². The van der Waals surface area contributed by atoms with Crippen LogP contribution in [0.5, 0.6) is 0 Å². The summed E-state index contributed by atoms with van der Waals surface area (Å²) in [5.74, 6) is -0.538. The van der Waals surface area contributed by atoms with E-state index in [1.165, 1.54) is 6.92 Å². The number of hydrogen-bond acceptors (Lipinski definition) is 3. The minimum Gasteiger partial charge on any atom is -0.446 e. The van der Waals surface area contributed by atoms with Crippen LogP contribution in [0.3, 0.4) is 0 Å². The van der Waals surface area contributed by atoms with Gasteiger partial charge in [0, 0.05) is 12.8 Å². The van der Waals surface area contributed by atoms with Gasteiger partial charge in [0.15, 0.2) is 6.10 Å². The lowest BCUT2D eigenvalue weighted by molar-refractivity contribution is -0.144. The van der Waals surface area contributed by atoms with E-state index in [2.05, 4.69) is 0 Å². The van der Waals surface area contributed by atoms with Crippen LogP contribution in [0.25, 0.3) is 0 Å². The second-order valence-electron chi connectivity index (χ2n) is 3.36. The quantitative estimate of drug-likeness (QED) is 0.708. The maximum atomic E-state index is 10.8. The largest absolute Gasteiger partial charge is 0.446 e. The molecule has 0 unspecified atom stereocenters. The van der Waals surface area contributed by atoms with Crippen molar-refractivity contribution < 1.29 is 9.53 Å². The summed E-state index contributed by atoms with van der Waals surface area (Å²) < 4.78 is 4.92. The maximum absolute atomic E-state index is 10.8. The van der Waals surface area contributed by atoms with Gasteiger partial charge in [-0.1, -0.05) is 37.3 Å². The summed E-state index contributed by atoms with van der Waals surface area (Å²) in [5, 5.41) is 8.88. The highest BCUT2D eigenvalue weighted by Gasteiger charge is 2.20. The topological polar surface area (TPSA) is 50.1 Å². The van der Waals surface area contributed by atoms with E-state index in [-0.39, 0.29) is 5.92 Å². The highest BCUT2D eigenvalue weighted by Crippen LogP contribution is 2.20. The standard InChI is InChI=1S/C12H13NO2/c1-9(11-6-4-3-5-7-11)12(8-13)15-10(2)14/h3-7,9,12H,1-2H3/t9-,12-/m0/s1. The molecule has 0 spiro atoms. The second-order valence-corrected chi connectivity index (χ2v) is 3.36. The Morgan fingerprint density at radius 2 is 2.00 bits per heavy atom. The molecule has 0 amide bonds. The van der Waals surface area contributed by atoms with Crippen molar-refractivity contribution in [2.75, 3.05) is 0 Å². The zero-order chi connectivity index (χ0) is 11.3. The first-order valence-corrected chi connectivity index (χ1v) is 4.77. The van der Waals surface area contributed by atoms with Gasteiger partial charge in [0.1, 0.15) is 6.07 Å². The van der Waals surface area contributed by atoms with Crippen molar-refractivity contribution in [3.8, 4) is 6.07 Å². The lowest BCUT2D eigenvalue weighted by Crippen LogP contribution is -2.20. The van der Waals surface area contributed by atoms with Gasteiger partial charge in [-0.05, 0) is 5.56 Å². The van der Waals surface area contributed by atoms with Gasteiger partial charge in [0.05, 0.1) is 0 Å². The third-order valence-electron chi connectivity index (χ3n) is 2.20. The molecule has 15 heavy (non-hydrogen) atoms. The normalized spacial score (nSPS) is 13.7. The molecular weight excluding hydrogens is 190 g/mol. The van der Waals surface area contributed by atoms with E-state index in [4.69, 9.17) is 10.00 Å². The molecular formula is C12H13NO2. The van der Waals surface area contributed by atoms with Gasteiger partial charge in [-0.2, -0.15) is 5.26 Å². The van der Waals surface area contributed by atoms with Crippen LogP contribution < -0.4 is 0 Å². The van der Waals surface area contributed by atoms with Crippen LogP contribution in [0.1, 0.15) is 25.3 Å². The van der Waals surface area contributed by atoms with Gasteiger partial charge < -0.3 is 4.74 Å². The fourth-order valence-corrected chi connectivity index (χ4v) is 1.35. The van der Waals surface area contributed by atoms with Crippen LogP contribution in [0.15, 0.2) is 30.3 Å². The average Bonchev–Trinajstić information content (AvgIpc) is 2.26. The molecule has 0 aliphatic heterocycles. The van der Waals surface area contributed by atoms with Crippen LogP contribution in [0.2, 0.25) is 0 Å². The van der Waals surface area contributed by atoms with Gasteiger partial charge in [0.2, 0.25) is 0 Å². The highest BCUT2D eigenvalue weighted by atomic mass is 16.5. The molecule has 1 aromatic carbocycles. The Morgan fingerprint density at radius 1 is 1.40 bits per heavy atom. The van der Waals surface area contributed by atoms with Crippen LogP contribution >= 0.6 is 0 Å². The molecule has 78 valence electrons. The summed E-state index contributed by atoms with van der Waals surface area (Å²) in [7, 11) is 0. The molecule has 0 aliphatic carbocycles. The SMILES string of the molecule is CC(=O)O[C@@H](C#N)[C@@H](C)c1ccccc1.